The van der Waals surface area contributed by atoms with Gasteiger partial charge in [-0.15, -0.1) is 0 Å². The lowest BCUT2D eigenvalue weighted by molar-refractivity contribution is 0.0697. The molecule has 0 aliphatic heterocycles. The van der Waals surface area contributed by atoms with Gasteiger partial charge in [-0.1, -0.05) is 25.4 Å². The monoisotopic (exact) mass is 254 g/mol. The fourth-order valence-corrected chi connectivity index (χ4v) is 2.04. The van der Waals surface area contributed by atoms with Gasteiger partial charge in [-0.25, -0.2) is 9.78 Å². The molecule has 92 valence electrons. The number of aromatic nitrogens is 1. The van der Waals surface area contributed by atoms with Gasteiger partial charge in [0.2, 0.25) is 0 Å². The highest BCUT2D eigenvalue weighted by Gasteiger charge is 2.44. The number of halogens is 1. The average Bonchev–Trinajstić information content (AvgIpc) is 2.85. The summed E-state index contributed by atoms with van der Waals surface area (Å²) in [5.41, 5.74) is 0.480. The molecule has 1 heterocycles. The number of hydrogen-bond acceptors (Lipinski definition) is 3. The number of carboxylic acids is 1. The zero-order valence-electron chi connectivity index (χ0n) is 9.83. The molecule has 0 saturated heterocycles. The van der Waals surface area contributed by atoms with Crippen LogP contribution in [0.2, 0.25) is 5.02 Å². The summed E-state index contributed by atoms with van der Waals surface area (Å²) in [6.07, 6.45) is 2.56. The second-order valence-corrected chi connectivity index (χ2v) is 5.53. The minimum atomic E-state index is -1.03. The summed E-state index contributed by atoms with van der Waals surface area (Å²) in [7, 11) is 0. The van der Waals surface area contributed by atoms with E-state index in [9.17, 15) is 4.79 Å². The standard InChI is InChI=1S/C12H15ClN2O2/c1-12(2)4-7(12)5-14-10-3-8(11(16)17)9(13)6-15-10/h3,6-7H,4-5H2,1-2H3,(H,14,15)(H,16,17). The highest BCUT2D eigenvalue weighted by atomic mass is 35.5. The number of nitrogens with one attached hydrogen (secondary N) is 1. The van der Waals surface area contributed by atoms with E-state index in [1.54, 1.807) is 0 Å². The molecular weight excluding hydrogens is 240 g/mol. The van der Waals surface area contributed by atoms with Crippen LogP contribution in [0.25, 0.3) is 0 Å². The molecule has 1 saturated carbocycles. The second kappa shape index (κ2) is 4.18. The van der Waals surface area contributed by atoms with Crippen molar-refractivity contribution in [3.63, 3.8) is 0 Å². The molecule has 1 aromatic heterocycles. The summed E-state index contributed by atoms with van der Waals surface area (Å²) in [6, 6.07) is 1.47. The number of carbonyl (C=O) groups is 1. The quantitative estimate of drug-likeness (QED) is 0.867. The van der Waals surface area contributed by atoms with Crippen molar-refractivity contribution < 1.29 is 9.90 Å². The van der Waals surface area contributed by atoms with Crippen LogP contribution in [0.4, 0.5) is 5.82 Å². The number of hydrogen-bond donors (Lipinski definition) is 2. The van der Waals surface area contributed by atoms with Gasteiger partial charge in [0.05, 0.1) is 10.6 Å². The van der Waals surface area contributed by atoms with Gasteiger partial charge in [0.15, 0.2) is 0 Å². The summed E-state index contributed by atoms with van der Waals surface area (Å²) < 4.78 is 0. The fraction of sp³-hybridized carbons (Fsp3) is 0.500. The lowest BCUT2D eigenvalue weighted by atomic mass is 10.1. The van der Waals surface area contributed by atoms with Gasteiger partial charge >= 0.3 is 5.97 Å². The van der Waals surface area contributed by atoms with Gasteiger partial charge in [0, 0.05) is 12.7 Å². The Morgan fingerprint density at radius 3 is 2.88 bits per heavy atom. The molecule has 0 spiro atoms. The number of pyridine rings is 1. The molecule has 0 aromatic carbocycles. The first-order chi connectivity index (χ1) is 7.90. The third-order valence-corrected chi connectivity index (χ3v) is 3.63. The summed E-state index contributed by atoms with van der Waals surface area (Å²) in [6.45, 7) is 5.26. The first kappa shape index (κ1) is 12.2. The molecular formula is C12H15ClN2O2. The van der Waals surface area contributed by atoms with E-state index in [1.165, 1.54) is 18.7 Å². The molecule has 1 unspecified atom stereocenters. The Morgan fingerprint density at radius 1 is 1.71 bits per heavy atom. The lowest BCUT2D eigenvalue weighted by Gasteiger charge is -2.08. The van der Waals surface area contributed by atoms with Crippen LogP contribution in [0.3, 0.4) is 0 Å². The predicted octanol–water partition coefficient (Wildman–Crippen LogP) is 2.89. The highest BCUT2D eigenvalue weighted by molar-refractivity contribution is 6.33. The second-order valence-electron chi connectivity index (χ2n) is 5.13. The Kier molecular flexibility index (Phi) is 3.00. The van der Waals surface area contributed by atoms with E-state index in [1.807, 2.05) is 0 Å². The molecule has 1 aliphatic carbocycles. The number of aromatic carboxylic acids is 1. The number of carboxylic acid groups (broad SMARTS) is 1. The minimum Gasteiger partial charge on any atom is -0.478 e. The smallest absolute Gasteiger partial charge is 0.337 e. The SMILES string of the molecule is CC1(C)CC1CNc1cc(C(=O)O)c(Cl)cn1. The van der Waals surface area contributed by atoms with Crippen LogP contribution in [0.5, 0.6) is 0 Å². The van der Waals surface area contributed by atoms with E-state index in [0.717, 1.165) is 6.54 Å². The van der Waals surface area contributed by atoms with E-state index < -0.39 is 5.97 Å². The number of anilines is 1. The highest BCUT2D eigenvalue weighted by Crippen LogP contribution is 2.51. The third kappa shape index (κ3) is 2.69. The van der Waals surface area contributed by atoms with E-state index in [4.69, 9.17) is 16.7 Å². The maximum atomic E-state index is 10.9. The largest absolute Gasteiger partial charge is 0.478 e. The molecule has 5 heteroatoms. The molecule has 1 aromatic rings. The van der Waals surface area contributed by atoms with Crippen LogP contribution in [-0.2, 0) is 0 Å². The van der Waals surface area contributed by atoms with E-state index in [0.29, 0.717) is 17.2 Å². The maximum Gasteiger partial charge on any atom is 0.337 e. The van der Waals surface area contributed by atoms with Gasteiger partial charge in [0.25, 0.3) is 0 Å². The van der Waals surface area contributed by atoms with E-state index in [2.05, 4.69) is 24.1 Å². The van der Waals surface area contributed by atoms with Crippen LogP contribution in [0.1, 0.15) is 30.6 Å². The molecule has 4 nitrogen and oxygen atoms in total. The molecule has 1 atom stereocenters. The third-order valence-electron chi connectivity index (χ3n) is 3.33. The first-order valence-electron chi connectivity index (χ1n) is 5.53. The molecule has 0 bridgehead atoms. The maximum absolute atomic E-state index is 10.9. The minimum absolute atomic E-state index is 0.0826. The van der Waals surface area contributed by atoms with Gasteiger partial charge in [-0.05, 0) is 23.8 Å². The molecule has 1 aliphatic rings. The van der Waals surface area contributed by atoms with Crippen LogP contribution in [0.15, 0.2) is 12.3 Å². The van der Waals surface area contributed by atoms with Gasteiger partial charge in [0.1, 0.15) is 5.82 Å². The summed E-state index contributed by atoms with van der Waals surface area (Å²) in [5, 5.41) is 12.2. The van der Waals surface area contributed by atoms with E-state index in [-0.39, 0.29) is 10.6 Å². The van der Waals surface area contributed by atoms with Crippen LogP contribution >= 0.6 is 11.6 Å². The molecule has 2 N–H and O–H groups in total. The Balaban J connectivity index is 2.02. The number of nitrogens with zero attached hydrogens (tertiary/aromatic N) is 1. The van der Waals surface area contributed by atoms with Crippen molar-refractivity contribution in [3.05, 3.63) is 22.8 Å². The Labute approximate surface area is 105 Å². The summed E-state index contributed by atoms with van der Waals surface area (Å²) in [5.74, 6) is 0.162. The van der Waals surface area contributed by atoms with Crippen molar-refractivity contribution in [2.75, 3.05) is 11.9 Å². The molecule has 17 heavy (non-hydrogen) atoms. The Morgan fingerprint density at radius 2 is 2.35 bits per heavy atom. The molecule has 0 radical (unpaired) electrons. The predicted molar refractivity (Wildman–Crippen MR) is 66.6 cm³/mol. The Hall–Kier alpha value is -1.29. The average molecular weight is 255 g/mol. The van der Waals surface area contributed by atoms with Crippen molar-refractivity contribution in [3.8, 4) is 0 Å². The van der Waals surface area contributed by atoms with Crippen LogP contribution < -0.4 is 5.32 Å². The van der Waals surface area contributed by atoms with Crippen LogP contribution in [-0.4, -0.2) is 22.6 Å². The lowest BCUT2D eigenvalue weighted by Crippen LogP contribution is -2.09. The normalized spacial score (nSPS) is 21.0. The van der Waals surface area contributed by atoms with Gasteiger partial charge in [-0.2, -0.15) is 0 Å². The van der Waals surface area contributed by atoms with Crippen molar-refractivity contribution in [2.24, 2.45) is 11.3 Å². The van der Waals surface area contributed by atoms with Crippen LogP contribution in [0, 0.1) is 11.3 Å². The van der Waals surface area contributed by atoms with Crippen molar-refractivity contribution >= 4 is 23.4 Å². The van der Waals surface area contributed by atoms with Gasteiger partial charge in [-0.3, -0.25) is 0 Å². The fourth-order valence-electron chi connectivity index (χ4n) is 1.85. The van der Waals surface area contributed by atoms with Crippen molar-refractivity contribution in [2.45, 2.75) is 20.3 Å². The van der Waals surface area contributed by atoms with Gasteiger partial charge < -0.3 is 10.4 Å². The molecule has 1 fully saturated rings. The topological polar surface area (TPSA) is 62.2 Å². The summed E-state index contributed by atoms with van der Waals surface area (Å²) in [4.78, 5) is 14.9. The molecule has 2 rings (SSSR count). The number of rotatable bonds is 4. The summed E-state index contributed by atoms with van der Waals surface area (Å²) >= 11 is 5.74. The molecule has 0 amide bonds. The van der Waals surface area contributed by atoms with Crippen molar-refractivity contribution in [1.29, 1.82) is 0 Å². The zero-order chi connectivity index (χ0) is 12.6. The van der Waals surface area contributed by atoms with E-state index >= 15 is 0 Å². The zero-order valence-corrected chi connectivity index (χ0v) is 10.6. The first-order valence-corrected chi connectivity index (χ1v) is 5.90. The Bertz CT molecular complexity index is 460. The van der Waals surface area contributed by atoms with Crippen molar-refractivity contribution in [1.82, 2.24) is 4.98 Å².